The first-order valence-corrected chi connectivity index (χ1v) is 11.9. The van der Waals surface area contributed by atoms with E-state index in [1.165, 1.54) is 12.1 Å². The molecular weight excluding hydrogens is 470 g/mol. The summed E-state index contributed by atoms with van der Waals surface area (Å²) in [6, 6.07) is 28.1. The van der Waals surface area contributed by atoms with Crippen LogP contribution < -0.4 is 10.1 Å². The van der Waals surface area contributed by atoms with E-state index in [1.54, 1.807) is 36.4 Å². The lowest BCUT2D eigenvalue weighted by Gasteiger charge is -2.17. The Bertz CT molecular complexity index is 1370. The Kier molecular flexibility index (Phi) is 6.76. The zero-order chi connectivity index (χ0) is 25.8. The van der Waals surface area contributed by atoms with Gasteiger partial charge in [0.1, 0.15) is 29.9 Å². The Balaban J connectivity index is 1.19. The van der Waals surface area contributed by atoms with E-state index < -0.39 is 18.1 Å². The molecule has 0 saturated carbocycles. The molecule has 5 rings (SSSR count). The van der Waals surface area contributed by atoms with Crippen LogP contribution in [0.5, 0.6) is 17.2 Å². The normalized spacial score (nSPS) is 12.8. The topological polar surface area (TPSA) is 105 Å². The lowest BCUT2D eigenvalue weighted by atomic mass is 9.98. The van der Waals surface area contributed by atoms with Crippen LogP contribution in [0.3, 0.4) is 0 Å². The van der Waals surface area contributed by atoms with Gasteiger partial charge in [-0.1, -0.05) is 60.7 Å². The van der Waals surface area contributed by atoms with Gasteiger partial charge in [0, 0.05) is 12.3 Å². The van der Waals surface area contributed by atoms with Crippen molar-refractivity contribution in [2.75, 3.05) is 6.61 Å². The molecule has 0 radical (unpaired) electrons. The number of aromatic hydroxyl groups is 1. The summed E-state index contributed by atoms with van der Waals surface area (Å²) in [5, 5.41) is 21.5. The highest BCUT2D eigenvalue weighted by atomic mass is 16.5. The molecular formula is C30H25NO6. The van der Waals surface area contributed by atoms with Gasteiger partial charge in [0.2, 0.25) is 0 Å². The molecule has 37 heavy (non-hydrogen) atoms. The van der Waals surface area contributed by atoms with Crippen LogP contribution in [0.2, 0.25) is 0 Å². The van der Waals surface area contributed by atoms with Crippen LogP contribution >= 0.6 is 0 Å². The number of ether oxygens (including phenoxy) is 2. The molecule has 0 unspecified atom stereocenters. The number of alkyl carbamates (subject to hydrolysis) is 1. The molecule has 1 aliphatic carbocycles. The summed E-state index contributed by atoms with van der Waals surface area (Å²) in [4.78, 5) is 24.4. The minimum atomic E-state index is -1.15. The first kappa shape index (κ1) is 23.9. The number of phenols is 1. The molecule has 3 N–H and O–H groups in total. The fraction of sp³-hybridized carbons (Fsp3) is 0.133. The van der Waals surface area contributed by atoms with Crippen molar-refractivity contribution in [3.63, 3.8) is 0 Å². The van der Waals surface area contributed by atoms with Gasteiger partial charge < -0.3 is 25.0 Å². The minimum Gasteiger partial charge on any atom is -0.508 e. The van der Waals surface area contributed by atoms with E-state index in [0.29, 0.717) is 17.1 Å². The Morgan fingerprint density at radius 3 is 1.89 bits per heavy atom. The molecule has 0 bridgehead atoms. The van der Waals surface area contributed by atoms with E-state index in [2.05, 4.69) is 17.4 Å². The number of fused-ring (bicyclic) bond motifs is 3. The van der Waals surface area contributed by atoms with Crippen LogP contribution in [-0.2, 0) is 16.0 Å². The molecule has 4 aromatic rings. The van der Waals surface area contributed by atoms with Gasteiger partial charge in [-0.05, 0) is 64.2 Å². The molecule has 1 aliphatic rings. The van der Waals surface area contributed by atoms with Crippen molar-refractivity contribution in [1.29, 1.82) is 0 Å². The number of aliphatic carboxylic acids is 1. The SMILES string of the molecule is O=C(N[C@@H](Cc1ccc(Oc2ccc(O)cc2)cc1)C(=O)O)OCC1c2ccccc2-c2ccccc21. The summed E-state index contributed by atoms with van der Waals surface area (Å²) in [6.07, 6.45) is -0.694. The second-order valence-electron chi connectivity index (χ2n) is 8.80. The molecule has 4 aromatic carbocycles. The molecule has 0 fully saturated rings. The maximum Gasteiger partial charge on any atom is 0.407 e. The van der Waals surface area contributed by atoms with E-state index >= 15 is 0 Å². The number of rotatable bonds is 8. The summed E-state index contributed by atoms with van der Waals surface area (Å²) in [6.45, 7) is 0.107. The van der Waals surface area contributed by atoms with Gasteiger partial charge in [0.25, 0.3) is 0 Å². The summed E-state index contributed by atoms with van der Waals surface area (Å²) in [5.74, 6) is 0.00323. The average Bonchev–Trinajstić information content (AvgIpc) is 3.23. The lowest BCUT2D eigenvalue weighted by molar-refractivity contribution is -0.139. The summed E-state index contributed by atoms with van der Waals surface area (Å²) in [7, 11) is 0. The number of phenolic OH excluding ortho intramolecular Hbond substituents is 1. The monoisotopic (exact) mass is 495 g/mol. The molecule has 1 atom stereocenters. The van der Waals surface area contributed by atoms with Crippen LogP contribution in [0.4, 0.5) is 4.79 Å². The van der Waals surface area contributed by atoms with E-state index in [1.807, 2.05) is 36.4 Å². The zero-order valence-electron chi connectivity index (χ0n) is 19.8. The number of nitrogens with one attached hydrogen (secondary N) is 1. The van der Waals surface area contributed by atoms with Crippen LogP contribution in [0.1, 0.15) is 22.6 Å². The third kappa shape index (κ3) is 5.41. The Morgan fingerprint density at radius 2 is 1.32 bits per heavy atom. The fourth-order valence-electron chi connectivity index (χ4n) is 4.56. The molecule has 0 aromatic heterocycles. The number of hydrogen-bond donors (Lipinski definition) is 3. The number of amides is 1. The highest BCUT2D eigenvalue weighted by Crippen LogP contribution is 2.44. The maximum atomic E-state index is 12.6. The van der Waals surface area contributed by atoms with E-state index in [0.717, 1.165) is 22.3 Å². The molecule has 1 amide bonds. The summed E-state index contributed by atoms with van der Waals surface area (Å²) >= 11 is 0. The first-order valence-electron chi connectivity index (χ1n) is 11.9. The van der Waals surface area contributed by atoms with Crippen LogP contribution in [0.15, 0.2) is 97.1 Å². The highest BCUT2D eigenvalue weighted by molar-refractivity contribution is 5.81. The molecule has 186 valence electrons. The predicted molar refractivity (Wildman–Crippen MR) is 138 cm³/mol. The fourth-order valence-corrected chi connectivity index (χ4v) is 4.56. The molecule has 0 aliphatic heterocycles. The number of carbonyl (C=O) groups is 2. The van der Waals surface area contributed by atoms with Crippen molar-refractivity contribution in [3.8, 4) is 28.4 Å². The maximum absolute atomic E-state index is 12.6. The standard InChI is InChI=1S/C30H25NO6/c32-20-11-15-22(16-12-20)37-21-13-9-19(10-14-21)17-28(29(33)34)31-30(35)36-18-27-25-7-3-1-5-23(25)24-6-2-4-8-26(24)27/h1-16,27-28,32H,17-18H2,(H,31,35)(H,33,34)/t28-/m0/s1. The van der Waals surface area contributed by atoms with Crippen molar-refractivity contribution in [2.24, 2.45) is 0 Å². The predicted octanol–water partition coefficient (Wildman–Crippen LogP) is 5.72. The highest BCUT2D eigenvalue weighted by Gasteiger charge is 2.29. The second kappa shape index (κ2) is 10.5. The largest absolute Gasteiger partial charge is 0.508 e. The quantitative estimate of drug-likeness (QED) is 0.289. The van der Waals surface area contributed by atoms with Gasteiger partial charge in [-0.3, -0.25) is 0 Å². The molecule has 0 heterocycles. The number of hydrogen-bond acceptors (Lipinski definition) is 5. The van der Waals surface area contributed by atoms with Crippen LogP contribution in [-0.4, -0.2) is 34.9 Å². The Hall–Kier alpha value is -4.78. The number of benzene rings is 4. The van der Waals surface area contributed by atoms with E-state index in [9.17, 15) is 19.8 Å². The number of carbonyl (C=O) groups excluding carboxylic acids is 1. The molecule has 0 spiro atoms. The van der Waals surface area contributed by atoms with Crippen molar-refractivity contribution < 1.29 is 29.3 Å². The van der Waals surface area contributed by atoms with E-state index in [-0.39, 0.29) is 24.7 Å². The summed E-state index contributed by atoms with van der Waals surface area (Å²) < 4.78 is 11.2. The summed E-state index contributed by atoms with van der Waals surface area (Å²) in [5.41, 5.74) is 5.12. The Morgan fingerprint density at radius 1 is 0.784 bits per heavy atom. The smallest absolute Gasteiger partial charge is 0.407 e. The van der Waals surface area contributed by atoms with Gasteiger partial charge in [0.15, 0.2) is 0 Å². The lowest BCUT2D eigenvalue weighted by Crippen LogP contribution is -2.42. The second-order valence-corrected chi connectivity index (χ2v) is 8.80. The number of carboxylic acids is 1. The van der Waals surface area contributed by atoms with Gasteiger partial charge in [0.05, 0.1) is 0 Å². The first-order chi connectivity index (χ1) is 18.0. The Labute approximate surface area is 213 Å². The van der Waals surface area contributed by atoms with Crippen LogP contribution in [0.25, 0.3) is 11.1 Å². The van der Waals surface area contributed by atoms with Crippen molar-refractivity contribution in [1.82, 2.24) is 5.32 Å². The van der Waals surface area contributed by atoms with Gasteiger partial charge in [-0.2, -0.15) is 0 Å². The van der Waals surface area contributed by atoms with Crippen molar-refractivity contribution >= 4 is 12.1 Å². The molecule has 7 heteroatoms. The van der Waals surface area contributed by atoms with E-state index in [4.69, 9.17) is 9.47 Å². The molecule has 7 nitrogen and oxygen atoms in total. The van der Waals surface area contributed by atoms with Gasteiger partial charge in [-0.15, -0.1) is 0 Å². The third-order valence-corrected chi connectivity index (χ3v) is 6.37. The van der Waals surface area contributed by atoms with Crippen molar-refractivity contribution in [2.45, 2.75) is 18.4 Å². The van der Waals surface area contributed by atoms with Crippen LogP contribution in [0, 0.1) is 0 Å². The van der Waals surface area contributed by atoms with Gasteiger partial charge >= 0.3 is 12.1 Å². The zero-order valence-corrected chi connectivity index (χ0v) is 19.8. The van der Waals surface area contributed by atoms with Gasteiger partial charge in [-0.25, -0.2) is 9.59 Å². The third-order valence-electron chi connectivity index (χ3n) is 6.37. The van der Waals surface area contributed by atoms with Crippen molar-refractivity contribution in [3.05, 3.63) is 114 Å². The number of carboxylic acid groups (broad SMARTS) is 1. The molecule has 0 saturated heterocycles. The average molecular weight is 496 g/mol. The minimum absolute atomic E-state index is 0.0824.